The number of rotatable bonds is 1. The van der Waals surface area contributed by atoms with Crippen molar-refractivity contribution in [3.05, 3.63) is 17.2 Å². The zero-order valence-corrected chi connectivity index (χ0v) is 10.9. The van der Waals surface area contributed by atoms with Gasteiger partial charge in [-0.2, -0.15) is 13.2 Å². The Hall–Kier alpha value is -1.04. The van der Waals surface area contributed by atoms with Gasteiger partial charge in [-0.05, 0) is 0 Å². The van der Waals surface area contributed by atoms with Crippen molar-refractivity contribution in [1.82, 2.24) is 14.9 Å². The van der Waals surface area contributed by atoms with E-state index in [1.54, 1.807) is 0 Å². The van der Waals surface area contributed by atoms with Crippen LogP contribution in [0.1, 0.15) is 38.0 Å². The first kappa shape index (κ1) is 13.4. The Bertz CT molecular complexity index is 441. The summed E-state index contributed by atoms with van der Waals surface area (Å²) in [6.45, 7) is 5.99. The number of hydrogen-bond acceptors (Lipinski definition) is 2. The molecule has 2 heterocycles. The van der Waals surface area contributed by atoms with E-state index in [4.69, 9.17) is 0 Å². The molecule has 1 aliphatic heterocycles. The van der Waals surface area contributed by atoms with Gasteiger partial charge in [0.25, 0.3) is 0 Å². The highest BCUT2D eigenvalue weighted by Crippen LogP contribution is 2.29. The van der Waals surface area contributed by atoms with Gasteiger partial charge in [-0.3, -0.25) is 0 Å². The molecule has 0 fully saturated rings. The Morgan fingerprint density at radius 2 is 1.94 bits per heavy atom. The molecule has 0 aromatic carbocycles. The predicted octanol–water partition coefficient (Wildman–Crippen LogP) is 2.39. The van der Waals surface area contributed by atoms with E-state index in [0.717, 1.165) is 11.4 Å². The fourth-order valence-corrected chi connectivity index (χ4v) is 2.29. The Morgan fingerprint density at radius 1 is 1.28 bits per heavy atom. The van der Waals surface area contributed by atoms with Crippen LogP contribution in [0.25, 0.3) is 0 Å². The molecule has 0 spiro atoms. The lowest BCUT2D eigenvalue weighted by Crippen LogP contribution is -2.29. The Labute approximate surface area is 104 Å². The predicted molar refractivity (Wildman–Crippen MR) is 62.4 cm³/mol. The molecule has 1 aliphatic rings. The van der Waals surface area contributed by atoms with Gasteiger partial charge in [0.1, 0.15) is 12.4 Å². The topological polar surface area (TPSA) is 29.9 Å². The van der Waals surface area contributed by atoms with Gasteiger partial charge in [0.2, 0.25) is 0 Å². The maximum atomic E-state index is 12.7. The maximum absolute atomic E-state index is 12.7. The fourth-order valence-electron chi connectivity index (χ4n) is 2.29. The van der Waals surface area contributed by atoms with E-state index in [1.165, 1.54) is 4.57 Å². The van der Waals surface area contributed by atoms with Crippen LogP contribution < -0.4 is 5.32 Å². The van der Waals surface area contributed by atoms with E-state index < -0.39 is 12.7 Å². The summed E-state index contributed by atoms with van der Waals surface area (Å²) in [6, 6.07) is 0. The summed E-state index contributed by atoms with van der Waals surface area (Å²) >= 11 is 0. The third-order valence-corrected chi connectivity index (χ3v) is 2.99. The lowest BCUT2D eigenvalue weighted by atomic mass is 9.95. The van der Waals surface area contributed by atoms with Gasteiger partial charge in [-0.15, -0.1) is 0 Å². The average Bonchev–Trinajstić information content (AvgIpc) is 2.55. The molecule has 102 valence electrons. The number of nitrogens with zero attached hydrogens (tertiary/aromatic N) is 2. The number of halogens is 3. The summed E-state index contributed by atoms with van der Waals surface area (Å²) in [5.74, 6) is 0.522. The molecular weight excluding hydrogens is 243 g/mol. The second kappa shape index (κ2) is 4.26. The van der Waals surface area contributed by atoms with E-state index in [-0.39, 0.29) is 5.41 Å². The van der Waals surface area contributed by atoms with Gasteiger partial charge in [-0.1, -0.05) is 20.8 Å². The molecule has 1 aromatic rings. The van der Waals surface area contributed by atoms with Gasteiger partial charge in [-0.25, -0.2) is 4.98 Å². The molecule has 0 aliphatic carbocycles. The van der Waals surface area contributed by atoms with E-state index in [2.05, 4.69) is 10.3 Å². The number of alkyl halides is 3. The molecule has 0 amide bonds. The van der Waals surface area contributed by atoms with Crippen LogP contribution in [0.3, 0.4) is 0 Å². The van der Waals surface area contributed by atoms with Crippen molar-refractivity contribution < 1.29 is 13.2 Å². The minimum Gasteiger partial charge on any atom is -0.322 e. The van der Waals surface area contributed by atoms with E-state index >= 15 is 0 Å². The molecule has 0 bridgehead atoms. The number of aromatic nitrogens is 2. The Balaban J connectivity index is 2.49. The van der Waals surface area contributed by atoms with E-state index in [1.807, 2.05) is 20.8 Å². The van der Waals surface area contributed by atoms with Crippen molar-refractivity contribution in [1.29, 1.82) is 0 Å². The minimum absolute atomic E-state index is 0.386. The zero-order valence-electron chi connectivity index (χ0n) is 10.9. The SMILES string of the molecule is CC(C)(C)c1nc2c(n1CC(F)(F)F)CCNC2. The second-order valence-corrected chi connectivity index (χ2v) is 5.71. The molecule has 2 rings (SSSR count). The largest absolute Gasteiger partial charge is 0.406 e. The summed E-state index contributed by atoms with van der Waals surface area (Å²) in [4.78, 5) is 4.41. The molecule has 1 aromatic heterocycles. The van der Waals surface area contributed by atoms with Gasteiger partial charge in [0.15, 0.2) is 0 Å². The number of nitrogens with one attached hydrogen (secondary N) is 1. The lowest BCUT2D eigenvalue weighted by Gasteiger charge is -2.22. The highest BCUT2D eigenvalue weighted by molar-refractivity contribution is 5.23. The quantitative estimate of drug-likeness (QED) is 0.841. The molecule has 0 unspecified atom stereocenters. The second-order valence-electron chi connectivity index (χ2n) is 5.71. The first-order chi connectivity index (χ1) is 8.18. The van der Waals surface area contributed by atoms with Crippen LogP contribution in [0, 0.1) is 0 Å². The van der Waals surface area contributed by atoms with Gasteiger partial charge < -0.3 is 9.88 Å². The molecule has 3 nitrogen and oxygen atoms in total. The molecule has 0 radical (unpaired) electrons. The van der Waals surface area contributed by atoms with Gasteiger partial charge in [0, 0.05) is 30.6 Å². The van der Waals surface area contributed by atoms with Gasteiger partial charge in [0.05, 0.1) is 5.69 Å². The highest BCUT2D eigenvalue weighted by atomic mass is 19.4. The molecule has 0 saturated heterocycles. The summed E-state index contributed by atoms with van der Waals surface area (Å²) in [5, 5.41) is 3.14. The molecule has 6 heteroatoms. The van der Waals surface area contributed by atoms with Crippen LogP contribution in [0.4, 0.5) is 13.2 Å². The zero-order chi connectivity index (χ0) is 13.6. The van der Waals surface area contributed by atoms with Crippen molar-refractivity contribution in [3.63, 3.8) is 0 Å². The fraction of sp³-hybridized carbons (Fsp3) is 0.750. The van der Waals surface area contributed by atoms with Crippen LogP contribution in [0.2, 0.25) is 0 Å². The normalized spacial score (nSPS) is 16.8. The molecule has 1 N–H and O–H groups in total. The van der Waals surface area contributed by atoms with Crippen LogP contribution in [-0.4, -0.2) is 22.3 Å². The summed E-state index contributed by atoms with van der Waals surface area (Å²) < 4.78 is 39.4. The van der Waals surface area contributed by atoms with Crippen molar-refractivity contribution >= 4 is 0 Å². The summed E-state index contributed by atoms with van der Waals surface area (Å²) in [5.41, 5.74) is 1.11. The summed E-state index contributed by atoms with van der Waals surface area (Å²) in [6.07, 6.45) is -3.60. The third kappa shape index (κ3) is 2.68. The monoisotopic (exact) mass is 261 g/mol. The van der Waals surface area contributed by atoms with Crippen LogP contribution >= 0.6 is 0 Å². The van der Waals surface area contributed by atoms with Crippen LogP contribution in [-0.2, 0) is 24.9 Å². The van der Waals surface area contributed by atoms with Crippen LogP contribution in [0.15, 0.2) is 0 Å². The maximum Gasteiger partial charge on any atom is 0.406 e. The Kier molecular flexibility index (Phi) is 3.17. The third-order valence-electron chi connectivity index (χ3n) is 2.99. The van der Waals surface area contributed by atoms with Gasteiger partial charge >= 0.3 is 6.18 Å². The Morgan fingerprint density at radius 3 is 2.50 bits per heavy atom. The number of hydrogen-bond donors (Lipinski definition) is 1. The standard InChI is InChI=1S/C12H18F3N3/c1-11(2,3)10-17-8-6-16-5-4-9(8)18(10)7-12(13,14)15/h16H,4-7H2,1-3H3. The first-order valence-electron chi connectivity index (χ1n) is 6.05. The van der Waals surface area contributed by atoms with E-state index in [9.17, 15) is 13.2 Å². The lowest BCUT2D eigenvalue weighted by molar-refractivity contribution is -0.141. The van der Waals surface area contributed by atoms with Crippen molar-refractivity contribution in [2.75, 3.05) is 6.54 Å². The van der Waals surface area contributed by atoms with Crippen molar-refractivity contribution in [2.45, 2.75) is 51.9 Å². The molecular formula is C12H18F3N3. The smallest absolute Gasteiger partial charge is 0.322 e. The average molecular weight is 261 g/mol. The van der Waals surface area contributed by atoms with Crippen LogP contribution in [0.5, 0.6) is 0 Å². The highest BCUT2D eigenvalue weighted by Gasteiger charge is 2.34. The van der Waals surface area contributed by atoms with E-state index in [0.29, 0.717) is 25.3 Å². The first-order valence-corrected chi connectivity index (χ1v) is 6.05. The molecule has 0 atom stereocenters. The minimum atomic E-state index is -4.21. The number of fused-ring (bicyclic) bond motifs is 1. The molecule has 0 saturated carbocycles. The number of imidazole rings is 1. The van der Waals surface area contributed by atoms with Crippen molar-refractivity contribution in [3.8, 4) is 0 Å². The van der Waals surface area contributed by atoms with Crippen molar-refractivity contribution in [2.24, 2.45) is 0 Å². The molecule has 18 heavy (non-hydrogen) atoms. The summed E-state index contributed by atoms with van der Waals surface area (Å²) in [7, 11) is 0.